The topological polar surface area (TPSA) is 74.5 Å². The minimum Gasteiger partial charge on any atom is -0.384 e. The molecule has 0 N–H and O–H groups in total. The molecular weight excluding hydrogens is 298 g/mol. The van der Waals surface area contributed by atoms with Crippen LogP contribution in [0.15, 0.2) is 0 Å². The van der Waals surface area contributed by atoms with E-state index in [0.717, 1.165) is 38.4 Å². The molecule has 2 atom stereocenters. The van der Waals surface area contributed by atoms with Crippen molar-refractivity contribution in [2.24, 2.45) is 11.8 Å². The highest BCUT2D eigenvalue weighted by Crippen LogP contribution is 2.35. The van der Waals surface area contributed by atoms with Gasteiger partial charge in [0.2, 0.25) is 5.95 Å². The van der Waals surface area contributed by atoms with Gasteiger partial charge in [-0.05, 0) is 36.1 Å². The van der Waals surface area contributed by atoms with Gasteiger partial charge in [-0.2, -0.15) is 0 Å². The van der Waals surface area contributed by atoms with Gasteiger partial charge in [0.1, 0.15) is 0 Å². The second kappa shape index (κ2) is 7.11. The highest BCUT2D eigenvalue weighted by molar-refractivity contribution is 5.29. The summed E-state index contributed by atoms with van der Waals surface area (Å²) in [5, 5.41) is 12.3. The van der Waals surface area contributed by atoms with Gasteiger partial charge in [-0.3, -0.25) is 0 Å². The monoisotopic (exact) mass is 325 g/mol. The SMILES string of the molecule is COCC(C)Cn1nnnc1N1CCCC(C2(C)OCCO2)C1. The summed E-state index contributed by atoms with van der Waals surface area (Å²) in [5.74, 6) is 1.06. The first kappa shape index (κ1) is 16.6. The molecule has 1 aromatic heterocycles. The van der Waals surface area contributed by atoms with E-state index in [1.54, 1.807) is 7.11 Å². The zero-order valence-corrected chi connectivity index (χ0v) is 14.3. The van der Waals surface area contributed by atoms with Gasteiger partial charge in [0, 0.05) is 26.1 Å². The number of anilines is 1. The summed E-state index contributed by atoms with van der Waals surface area (Å²) in [6.45, 7) is 8.82. The molecule has 0 bridgehead atoms. The molecule has 0 aromatic carbocycles. The van der Waals surface area contributed by atoms with E-state index in [0.29, 0.717) is 31.7 Å². The smallest absolute Gasteiger partial charge is 0.245 e. The van der Waals surface area contributed by atoms with E-state index in [-0.39, 0.29) is 0 Å². The van der Waals surface area contributed by atoms with Crippen molar-refractivity contribution in [1.82, 2.24) is 20.2 Å². The van der Waals surface area contributed by atoms with Gasteiger partial charge in [-0.15, -0.1) is 0 Å². The third kappa shape index (κ3) is 3.64. The van der Waals surface area contributed by atoms with Crippen molar-refractivity contribution in [1.29, 1.82) is 0 Å². The molecule has 0 aliphatic carbocycles. The molecule has 8 heteroatoms. The molecule has 0 spiro atoms. The van der Waals surface area contributed by atoms with Crippen molar-refractivity contribution in [3.8, 4) is 0 Å². The lowest BCUT2D eigenvalue weighted by atomic mass is 9.90. The number of nitrogens with zero attached hydrogens (tertiary/aromatic N) is 5. The van der Waals surface area contributed by atoms with Gasteiger partial charge in [-0.1, -0.05) is 12.0 Å². The predicted molar refractivity (Wildman–Crippen MR) is 84.1 cm³/mol. The van der Waals surface area contributed by atoms with E-state index in [1.807, 2.05) is 4.68 Å². The summed E-state index contributed by atoms with van der Waals surface area (Å²) < 4.78 is 18.8. The van der Waals surface area contributed by atoms with E-state index < -0.39 is 5.79 Å². The number of hydrogen-bond acceptors (Lipinski definition) is 7. The average Bonchev–Trinajstić information content (AvgIpc) is 3.18. The van der Waals surface area contributed by atoms with Gasteiger partial charge in [-0.25, -0.2) is 4.68 Å². The van der Waals surface area contributed by atoms with Gasteiger partial charge < -0.3 is 19.1 Å². The van der Waals surface area contributed by atoms with Crippen LogP contribution in [0.5, 0.6) is 0 Å². The largest absolute Gasteiger partial charge is 0.384 e. The molecule has 0 amide bonds. The summed E-state index contributed by atoms with van der Waals surface area (Å²) in [6.07, 6.45) is 2.20. The third-order valence-corrected chi connectivity index (χ3v) is 4.76. The number of ether oxygens (including phenoxy) is 3. The number of methoxy groups -OCH3 is 1. The maximum absolute atomic E-state index is 5.85. The van der Waals surface area contributed by atoms with E-state index in [2.05, 4.69) is 34.3 Å². The third-order valence-electron chi connectivity index (χ3n) is 4.76. The molecular formula is C15H27N5O3. The van der Waals surface area contributed by atoms with Crippen LogP contribution >= 0.6 is 0 Å². The molecule has 23 heavy (non-hydrogen) atoms. The number of piperidine rings is 1. The molecule has 0 saturated carbocycles. The molecule has 8 nitrogen and oxygen atoms in total. The van der Waals surface area contributed by atoms with Gasteiger partial charge in [0.15, 0.2) is 5.79 Å². The fourth-order valence-electron chi connectivity index (χ4n) is 3.53. The molecule has 3 heterocycles. The normalized spacial score (nSPS) is 25.7. The fourth-order valence-corrected chi connectivity index (χ4v) is 3.53. The number of hydrogen-bond donors (Lipinski definition) is 0. The quantitative estimate of drug-likeness (QED) is 0.770. The highest BCUT2D eigenvalue weighted by Gasteiger charge is 2.42. The molecule has 2 saturated heterocycles. The van der Waals surface area contributed by atoms with Crippen LogP contribution in [0.25, 0.3) is 0 Å². The van der Waals surface area contributed by atoms with Crippen LogP contribution in [-0.2, 0) is 20.8 Å². The molecule has 130 valence electrons. The van der Waals surface area contributed by atoms with Crippen LogP contribution in [0.1, 0.15) is 26.7 Å². The van der Waals surface area contributed by atoms with Crippen molar-refractivity contribution in [2.45, 2.75) is 39.0 Å². The van der Waals surface area contributed by atoms with Crippen molar-refractivity contribution in [3.63, 3.8) is 0 Å². The molecule has 2 unspecified atom stereocenters. The van der Waals surface area contributed by atoms with Gasteiger partial charge in [0.05, 0.1) is 26.4 Å². The maximum atomic E-state index is 5.85. The molecule has 0 radical (unpaired) electrons. The lowest BCUT2D eigenvalue weighted by molar-refractivity contribution is -0.182. The summed E-state index contributed by atoms with van der Waals surface area (Å²) >= 11 is 0. The van der Waals surface area contributed by atoms with Crippen molar-refractivity contribution >= 4 is 5.95 Å². The van der Waals surface area contributed by atoms with Gasteiger partial charge >= 0.3 is 0 Å². The van der Waals surface area contributed by atoms with Crippen LogP contribution < -0.4 is 4.90 Å². The summed E-state index contributed by atoms with van der Waals surface area (Å²) in [6, 6.07) is 0. The van der Waals surface area contributed by atoms with E-state index in [4.69, 9.17) is 14.2 Å². The number of rotatable bonds is 6. The Morgan fingerprint density at radius 1 is 1.39 bits per heavy atom. The van der Waals surface area contributed by atoms with E-state index >= 15 is 0 Å². The first-order valence-electron chi connectivity index (χ1n) is 8.40. The standard InChI is InChI=1S/C15H27N5O3/c1-12(11-21-3)9-20-14(16-17-18-20)19-6-4-5-13(10-19)15(2)22-7-8-23-15/h12-13H,4-11H2,1-3H3. The first-order valence-corrected chi connectivity index (χ1v) is 8.40. The van der Waals surface area contributed by atoms with Crippen LogP contribution in [-0.4, -0.2) is 66.0 Å². The number of aromatic nitrogens is 4. The van der Waals surface area contributed by atoms with Crippen LogP contribution in [0.4, 0.5) is 5.95 Å². The minimum absolute atomic E-state index is 0.334. The van der Waals surface area contributed by atoms with Crippen LogP contribution in [0.3, 0.4) is 0 Å². The fraction of sp³-hybridized carbons (Fsp3) is 0.933. The molecule has 1 aromatic rings. The van der Waals surface area contributed by atoms with Crippen molar-refractivity contribution in [2.75, 3.05) is 44.9 Å². The molecule has 2 aliphatic rings. The Morgan fingerprint density at radius 2 is 2.17 bits per heavy atom. The summed E-state index contributed by atoms with van der Waals surface area (Å²) in [5.41, 5.74) is 0. The Morgan fingerprint density at radius 3 is 2.91 bits per heavy atom. The molecule has 2 fully saturated rings. The predicted octanol–water partition coefficient (Wildman–Crippen LogP) is 0.935. The zero-order valence-electron chi connectivity index (χ0n) is 14.3. The first-order chi connectivity index (χ1) is 11.1. The summed E-state index contributed by atoms with van der Waals surface area (Å²) in [4.78, 5) is 2.25. The highest BCUT2D eigenvalue weighted by atomic mass is 16.7. The Balaban J connectivity index is 1.68. The lowest BCUT2D eigenvalue weighted by Crippen LogP contribution is -2.47. The summed E-state index contributed by atoms with van der Waals surface area (Å²) in [7, 11) is 1.72. The Bertz CT molecular complexity index is 503. The van der Waals surface area contributed by atoms with E-state index in [9.17, 15) is 0 Å². The second-order valence-electron chi connectivity index (χ2n) is 6.72. The Kier molecular flexibility index (Phi) is 5.13. The molecule has 2 aliphatic heterocycles. The van der Waals surface area contributed by atoms with Crippen molar-refractivity contribution in [3.05, 3.63) is 0 Å². The Hall–Kier alpha value is -1.25. The Labute approximate surface area is 137 Å². The lowest BCUT2D eigenvalue weighted by Gasteiger charge is -2.40. The zero-order chi connectivity index (χ0) is 16.3. The molecule has 3 rings (SSSR count). The maximum Gasteiger partial charge on any atom is 0.245 e. The van der Waals surface area contributed by atoms with E-state index in [1.165, 1.54) is 0 Å². The van der Waals surface area contributed by atoms with Crippen LogP contribution in [0, 0.1) is 11.8 Å². The van der Waals surface area contributed by atoms with Crippen LogP contribution in [0.2, 0.25) is 0 Å². The average molecular weight is 325 g/mol. The second-order valence-corrected chi connectivity index (χ2v) is 6.72. The van der Waals surface area contributed by atoms with Gasteiger partial charge in [0.25, 0.3) is 0 Å². The number of tetrazole rings is 1. The van der Waals surface area contributed by atoms with Crippen molar-refractivity contribution < 1.29 is 14.2 Å². The minimum atomic E-state index is -0.472.